The lowest BCUT2D eigenvalue weighted by Gasteiger charge is -2.51. The van der Waals surface area contributed by atoms with Gasteiger partial charge in [0.25, 0.3) is 5.97 Å². The molecular weight excluding hydrogens is 1270 g/mol. The van der Waals surface area contributed by atoms with Crippen LogP contribution in [0.4, 0.5) is 0 Å². The molecule has 11 rings (SSSR count). The van der Waals surface area contributed by atoms with Crippen LogP contribution in [0.3, 0.4) is 0 Å². The summed E-state index contributed by atoms with van der Waals surface area (Å²) in [6.45, 7) is 12.7. The van der Waals surface area contributed by atoms with Gasteiger partial charge in [0.15, 0.2) is 55.0 Å². The quantitative estimate of drug-likeness (QED) is 0.0976. The van der Waals surface area contributed by atoms with Crippen LogP contribution in [-0.2, 0) is 104 Å². The topological polar surface area (TPSA) is 410 Å². The molecule has 10 fully saturated rings. The van der Waals surface area contributed by atoms with Crippen LogP contribution in [-0.4, -0.2) is 287 Å². The van der Waals surface area contributed by atoms with Crippen LogP contribution in [0.5, 0.6) is 11.5 Å². The predicted octanol–water partition coefficient (Wildman–Crippen LogP) is -0.749. The second-order valence-corrected chi connectivity index (χ2v) is 25.8. The summed E-state index contributed by atoms with van der Waals surface area (Å²) in [6, 6.07) is 0. The van der Waals surface area contributed by atoms with Gasteiger partial charge in [-0.1, -0.05) is 23.2 Å². The van der Waals surface area contributed by atoms with E-state index in [1.54, 1.807) is 20.8 Å². The number of esters is 2. The number of aliphatic hydroxyl groups is 7. The molecule has 1 aromatic rings. The van der Waals surface area contributed by atoms with Crippen LogP contribution < -0.4 is 0 Å². The monoisotopic (exact) mass is 1350 g/mol. The maximum absolute atomic E-state index is 13.3. The van der Waals surface area contributed by atoms with E-state index in [1.165, 1.54) is 48.8 Å². The Hall–Kier alpha value is -2.70. The molecule has 516 valence electrons. The summed E-state index contributed by atoms with van der Waals surface area (Å²) in [5.41, 5.74) is -3.60. The zero-order valence-corrected chi connectivity index (χ0v) is 53.1. The zero-order valence-electron chi connectivity index (χ0n) is 51.6. The van der Waals surface area contributed by atoms with Crippen LogP contribution in [0.15, 0.2) is 0 Å². The Morgan fingerprint density at radius 1 is 0.659 bits per heavy atom. The first-order valence-electron chi connectivity index (χ1n) is 30.2. The van der Waals surface area contributed by atoms with E-state index >= 15 is 0 Å². The van der Waals surface area contributed by atoms with Gasteiger partial charge in [-0.2, -0.15) is 0 Å². The molecule has 34 heteroatoms. The summed E-state index contributed by atoms with van der Waals surface area (Å²) in [5.74, 6) is -7.10. The number of aliphatic hydroxyl groups excluding tert-OH is 6. The van der Waals surface area contributed by atoms with Crippen molar-refractivity contribution in [2.75, 3.05) is 34.2 Å². The maximum Gasteiger partial charge on any atom is 0.342 e. The van der Waals surface area contributed by atoms with E-state index in [9.17, 15) is 55.5 Å². The van der Waals surface area contributed by atoms with Gasteiger partial charge in [-0.3, -0.25) is 4.79 Å². The van der Waals surface area contributed by atoms with Gasteiger partial charge in [0.2, 0.25) is 6.29 Å². The second-order valence-electron chi connectivity index (χ2n) is 25.0. The minimum atomic E-state index is -2.03. The number of carbonyl (C=O) groups is 2. The number of benzene rings is 1. The Morgan fingerprint density at radius 3 is 2.03 bits per heavy atom. The van der Waals surface area contributed by atoms with Crippen LogP contribution >= 0.6 is 23.2 Å². The first-order chi connectivity index (χ1) is 42.9. The third-order valence-corrected chi connectivity index (χ3v) is 19.5. The summed E-state index contributed by atoms with van der Waals surface area (Å²) in [4.78, 5) is 26.0. The largest absolute Gasteiger partial charge is 0.505 e. The summed E-state index contributed by atoms with van der Waals surface area (Å²) in [5, 5.41) is 101. The summed E-state index contributed by atoms with van der Waals surface area (Å²) < 4.78 is 129. The molecule has 1 aromatic carbocycles. The molecule has 0 bridgehead atoms. The number of phenolic OH excluding ortho intramolecular Hbond substituents is 2. The molecular formula is C57H82Cl2O32. The SMILES string of the molecule is COC[C@H]1O[C@@H](O[C@H]2OC[C@@H]3O[C@]4(O[C@H]3[C@H]2OC(C)=O)O[C@H](C)[C@@](O)(C(C)O)[C@@H]2OCO[C@H]24)[C@@H](OC)[C@@H](O)[C@@H]1O[C@@H]1O[C@H](C)[C@H](O)[C@H](O[C@H]2C[C@@]3(C)OC4(C[C@@H](O)[C@H](O[C@H]5C[C@@H](O)[C@H](OC(=O)c6c(C)c(Cl)c(O)c(Cl)c6O)[C@@H](C)O5)[C@@H](C)O4)O[C@@H]3[C@@H](C)O2)[C@H]1O. The number of ether oxygens (including phenoxy) is 21. The fraction of sp³-hybridized carbons (Fsp3) is 0.860. The zero-order chi connectivity index (χ0) is 65.9. The van der Waals surface area contributed by atoms with Gasteiger partial charge in [-0.25, -0.2) is 4.79 Å². The van der Waals surface area contributed by atoms with Gasteiger partial charge in [-0.05, 0) is 61.0 Å². The molecule has 0 radical (unpaired) electrons. The lowest BCUT2D eigenvalue weighted by molar-refractivity contribution is -0.439. The molecule has 10 saturated heterocycles. The smallest absolute Gasteiger partial charge is 0.342 e. The number of fused-ring (bicyclic) bond motifs is 4. The molecule has 0 aliphatic carbocycles. The Balaban J connectivity index is 0.707. The van der Waals surface area contributed by atoms with E-state index in [0.717, 1.165) is 6.92 Å². The Kier molecular flexibility index (Phi) is 20.4. The number of methoxy groups -OCH3 is 2. The van der Waals surface area contributed by atoms with E-state index in [2.05, 4.69) is 0 Å². The summed E-state index contributed by atoms with van der Waals surface area (Å²) >= 11 is 12.1. The minimum absolute atomic E-state index is 0.0108. The molecule has 32 atom stereocenters. The van der Waals surface area contributed by atoms with Crippen LogP contribution in [0.25, 0.3) is 0 Å². The molecule has 91 heavy (non-hydrogen) atoms. The number of halogens is 2. The Bertz CT molecular complexity index is 2720. The van der Waals surface area contributed by atoms with Crippen molar-refractivity contribution in [2.45, 2.75) is 277 Å². The van der Waals surface area contributed by atoms with E-state index in [0.29, 0.717) is 0 Å². The van der Waals surface area contributed by atoms with Gasteiger partial charge in [0.05, 0.1) is 73.5 Å². The lowest BCUT2D eigenvalue weighted by atomic mass is 9.80. The van der Waals surface area contributed by atoms with Crippen LogP contribution in [0, 0.1) is 6.92 Å². The average Bonchev–Trinajstić information content (AvgIpc) is 1.65. The normalized spacial score (nSPS) is 49.3. The highest BCUT2D eigenvalue weighted by Crippen LogP contribution is 2.53. The van der Waals surface area contributed by atoms with Gasteiger partial charge >= 0.3 is 17.9 Å². The molecule has 2 unspecified atom stereocenters. The number of hydrogen-bond acceptors (Lipinski definition) is 32. The highest BCUT2D eigenvalue weighted by Gasteiger charge is 2.73. The highest BCUT2D eigenvalue weighted by atomic mass is 35.5. The molecule has 10 aliphatic rings. The average molecular weight is 1350 g/mol. The van der Waals surface area contributed by atoms with Gasteiger partial charge in [0, 0.05) is 34.0 Å². The molecule has 0 aromatic heterocycles. The standard InChI is InChI=1S/C57H82Cl2O32/c1-18-32(36(65)34(59)37(66)33(18)58)50(69)83-40-20(3)76-30(12-26(40)62)81-41-21(4)86-55(13-27(41)63)90-47-22(5)77-31(14-54(47,9)91-55)82-44-35(64)19(2)78-51(39(44)68)84-42-28(15-71-10)80-53(45(72-11)38(42)67)85-52-46(79-25(8)61)43-29(16-73-52)88-57(89-43)49-48(74-17-75-49)56(70,23(6)60)24(7)87-57/h19-24,26-31,35,38-49,51-53,60,62-68,70H,12-17H2,1-11H3/t19-,20-,21-,22-,23?,24-,26-,27-,28-,29+,30+,31+,35+,38+,39-,40-,41-,42-,43-,44+,45+,46-,47-,48-,49-,51+,52-,53+,54-,55?,56+,57-/m1/s1. The summed E-state index contributed by atoms with van der Waals surface area (Å²) in [7, 11) is 2.63. The fourth-order valence-electron chi connectivity index (χ4n) is 14.1. The first-order valence-corrected chi connectivity index (χ1v) is 30.9. The van der Waals surface area contributed by atoms with E-state index in [-0.39, 0.29) is 49.9 Å². The van der Waals surface area contributed by atoms with Crippen molar-refractivity contribution in [2.24, 2.45) is 0 Å². The molecule has 9 N–H and O–H groups in total. The number of phenols is 2. The molecule has 0 amide bonds. The van der Waals surface area contributed by atoms with Crippen molar-refractivity contribution in [3.05, 3.63) is 21.2 Å². The molecule has 2 spiro atoms. The second kappa shape index (κ2) is 26.6. The molecule has 0 saturated carbocycles. The third-order valence-electron chi connectivity index (χ3n) is 18.7. The van der Waals surface area contributed by atoms with E-state index < -0.39 is 229 Å². The van der Waals surface area contributed by atoms with Crippen LogP contribution in [0.2, 0.25) is 10.0 Å². The van der Waals surface area contributed by atoms with Crippen molar-refractivity contribution in [1.29, 1.82) is 0 Å². The van der Waals surface area contributed by atoms with Crippen molar-refractivity contribution in [3.8, 4) is 11.5 Å². The first kappa shape index (κ1) is 69.6. The van der Waals surface area contributed by atoms with E-state index in [1.807, 2.05) is 0 Å². The molecule has 32 nitrogen and oxygen atoms in total. The van der Waals surface area contributed by atoms with Crippen LogP contribution in [0.1, 0.15) is 90.6 Å². The Morgan fingerprint density at radius 2 is 1.36 bits per heavy atom. The molecule has 10 aliphatic heterocycles. The van der Waals surface area contributed by atoms with Gasteiger partial charge in [0.1, 0.15) is 102 Å². The van der Waals surface area contributed by atoms with Crippen molar-refractivity contribution < 1.29 is 155 Å². The number of carbonyl (C=O) groups excluding carboxylic acids is 2. The summed E-state index contributed by atoms with van der Waals surface area (Å²) in [6.07, 6.45) is -35.7. The van der Waals surface area contributed by atoms with Gasteiger partial charge in [-0.15, -0.1) is 0 Å². The number of aromatic hydroxyl groups is 2. The Labute approximate surface area is 531 Å². The number of hydrogen-bond donors (Lipinski definition) is 9. The number of rotatable bonds is 15. The van der Waals surface area contributed by atoms with E-state index in [4.69, 9.17) is 123 Å². The predicted molar refractivity (Wildman–Crippen MR) is 295 cm³/mol. The lowest BCUT2D eigenvalue weighted by Crippen LogP contribution is -2.72. The van der Waals surface area contributed by atoms with Gasteiger partial charge < -0.3 is 145 Å². The third kappa shape index (κ3) is 12.6. The van der Waals surface area contributed by atoms with Crippen molar-refractivity contribution in [3.63, 3.8) is 0 Å². The van der Waals surface area contributed by atoms with Crippen molar-refractivity contribution >= 4 is 35.1 Å². The molecule has 10 heterocycles. The highest BCUT2D eigenvalue weighted by molar-refractivity contribution is 6.39. The maximum atomic E-state index is 13.3. The van der Waals surface area contributed by atoms with Crippen molar-refractivity contribution in [1.82, 2.24) is 0 Å². The minimum Gasteiger partial charge on any atom is -0.505 e. The fourth-order valence-corrected chi connectivity index (χ4v) is 14.5.